The summed E-state index contributed by atoms with van der Waals surface area (Å²) >= 11 is 0. The number of hydrogen-bond acceptors (Lipinski definition) is 3. The third-order valence-electron chi connectivity index (χ3n) is 4.59. The minimum atomic E-state index is -0.699. The standard InChI is InChI=1S/C15H28N2O2/c1-2-4-13-7-14(16-8-12-5-3-6-12)10-17(9-13)11-15(18)19/h12-14,16H,2-11H2,1H3,(H,18,19). The SMILES string of the molecule is CCCC1CC(NCC2CCC2)CN(CC(=O)O)C1. The molecule has 2 rings (SSSR count). The van der Waals surface area contributed by atoms with E-state index in [2.05, 4.69) is 17.1 Å². The number of rotatable bonds is 7. The Morgan fingerprint density at radius 1 is 1.32 bits per heavy atom. The lowest BCUT2D eigenvalue weighted by molar-refractivity contribution is -0.138. The Kier molecular flexibility index (Phi) is 5.64. The molecule has 1 aliphatic carbocycles. The van der Waals surface area contributed by atoms with Crippen molar-refractivity contribution in [3.05, 3.63) is 0 Å². The Hall–Kier alpha value is -0.610. The van der Waals surface area contributed by atoms with Gasteiger partial charge >= 0.3 is 5.97 Å². The fraction of sp³-hybridized carbons (Fsp3) is 0.933. The molecular weight excluding hydrogens is 240 g/mol. The summed E-state index contributed by atoms with van der Waals surface area (Å²) in [5.41, 5.74) is 0. The van der Waals surface area contributed by atoms with Gasteiger partial charge in [-0.25, -0.2) is 0 Å². The van der Waals surface area contributed by atoms with E-state index in [4.69, 9.17) is 5.11 Å². The number of carboxylic acids is 1. The fourth-order valence-corrected chi connectivity index (χ4v) is 3.42. The zero-order valence-electron chi connectivity index (χ0n) is 12.1. The normalized spacial score (nSPS) is 29.1. The third kappa shape index (κ3) is 4.77. The second-order valence-corrected chi connectivity index (χ2v) is 6.38. The summed E-state index contributed by atoms with van der Waals surface area (Å²) in [6.07, 6.45) is 7.77. The van der Waals surface area contributed by atoms with E-state index in [1.807, 2.05) is 0 Å². The second-order valence-electron chi connectivity index (χ2n) is 6.38. The van der Waals surface area contributed by atoms with Gasteiger partial charge in [0.2, 0.25) is 0 Å². The predicted octanol–water partition coefficient (Wildman–Crippen LogP) is 1.95. The Balaban J connectivity index is 1.79. The van der Waals surface area contributed by atoms with E-state index in [9.17, 15) is 4.79 Å². The lowest BCUT2D eigenvalue weighted by Gasteiger charge is -2.38. The maximum atomic E-state index is 10.9. The lowest BCUT2D eigenvalue weighted by Crippen LogP contribution is -2.51. The maximum Gasteiger partial charge on any atom is 0.317 e. The number of aliphatic carboxylic acids is 1. The number of piperidine rings is 1. The molecule has 1 saturated heterocycles. The molecule has 110 valence electrons. The van der Waals surface area contributed by atoms with Crippen LogP contribution in [0.25, 0.3) is 0 Å². The van der Waals surface area contributed by atoms with Crippen molar-refractivity contribution in [2.45, 2.75) is 51.5 Å². The van der Waals surface area contributed by atoms with Crippen molar-refractivity contribution in [3.8, 4) is 0 Å². The molecule has 1 aliphatic heterocycles. The van der Waals surface area contributed by atoms with E-state index < -0.39 is 5.97 Å². The molecule has 4 heteroatoms. The lowest BCUT2D eigenvalue weighted by atomic mass is 9.84. The molecule has 1 heterocycles. The second kappa shape index (κ2) is 7.25. The van der Waals surface area contributed by atoms with Crippen LogP contribution < -0.4 is 5.32 Å². The van der Waals surface area contributed by atoms with Crippen LogP contribution in [0.3, 0.4) is 0 Å². The Morgan fingerprint density at radius 3 is 2.68 bits per heavy atom. The monoisotopic (exact) mass is 268 g/mol. The Morgan fingerprint density at radius 2 is 2.11 bits per heavy atom. The summed E-state index contributed by atoms with van der Waals surface area (Å²) in [5, 5.41) is 12.7. The topological polar surface area (TPSA) is 52.6 Å². The van der Waals surface area contributed by atoms with Gasteiger partial charge < -0.3 is 10.4 Å². The van der Waals surface area contributed by atoms with Crippen LogP contribution in [0.15, 0.2) is 0 Å². The molecule has 2 fully saturated rings. The molecule has 0 amide bonds. The van der Waals surface area contributed by atoms with Gasteiger partial charge in [-0.2, -0.15) is 0 Å². The molecule has 0 spiro atoms. The molecular formula is C15H28N2O2. The summed E-state index contributed by atoms with van der Waals surface area (Å²) in [6, 6.07) is 0.491. The molecule has 0 aromatic carbocycles. The molecule has 0 aromatic rings. The summed E-state index contributed by atoms with van der Waals surface area (Å²) in [7, 11) is 0. The van der Waals surface area contributed by atoms with E-state index in [-0.39, 0.29) is 6.54 Å². The predicted molar refractivity (Wildman–Crippen MR) is 76.2 cm³/mol. The summed E-state index contributed by atoms with van der Waals surface area (Å²) < 4.78 is 0. The average molecular weight is 268 g/mol. The average Bonchev–Trinajstić information content (AvgIpc) is 2.26. The van der Waals surface area contributed by atoms with Crippen molar-refractivity contribution in [2.24, 2.45) is 11.8 Å². The van der Waals surface area contributed by atoms with Crippen LogP contribution in [0.4, 0.5) is 0 Å². The number of likely N-dealkylation sites (tertiary alicyclic amines) is 1. The van der Waals surface area contributed by atoms with Gasteiger partial charge in [-0.05, 0) is 44.1 Å². The van der Waals surface area contributed by atoms with Gasteiger partial charge in [-0.15, -0.1) is 0 Å². The van der Waals surface area contributed by atoms with Gasteiger partial charge in [0.05, 0.1) is 6.54 Å². The van der Waals surface area contributed by atoms with Crippen molar-refractivity contribution in [2.75, 3.05) is 26.2 Å². The molecule has 0 radical (unpaired) electrons. The number of hydrogen-bond donors (Lipinski definition) is 2. The molecule has 19 heavy (non-hydrogen) atoms. The molecule has 2 atom stereocenters. The van der Waals surface area contributed by atoms with Crippen molar-refractivity contribution < 1.29 is 9.90 Å². The van der Waals surface area contributed by atoms with Gasteiger partial charge in [0.25, 0.3) is 0 Å². The molecule has 0 aromatic heterocycles. The number of carbonyl (C=O) groups is 1. The number of nitrogens with zero attached hydrogens (tertiary/aromatic N) is 1. The molecule has 1 saturated carbocycles. The first-order chi connectivity index (χ1) is 9.17. The number of nitrogens with one attached hydrogen (secondary N) is 1. The third-order valence-corrected chi connectivity index (χ3v) is 4.59. The minimum Gasteiger partial charge on any atom is -0.480 e. The smallest absolute Gasteiger partial charge is 0.317 e. The van der Waals surface area contributed by atoms with Crippen LogP contribution in [-0.2, 0) is 4.79 Å². The zero-order valence-corrected chi connectivity index (χ0v) is 12.1. The quantitative estimate of drug-likeness (QED) is 0.741. The summed E-state index contributed by atoms with van der Waals surface area (Å²) in [6.45, 7) is 5.40. The Labute approximate surface area is 116 Å². The van der Waals surface area contributed by atoms with Crippen LogP contribution in [0.2, 0.25) is 0 Å². The van der Waals surface area contributed by atoms with Gasteiger partial charge in [0.1, 0.15) is 0 Å². The molecule has 2 N–H and O–H groups in total. The number of carboxylic acid groups (broad SMARTS) is 1. The van der Waals surface area contributed by atoms with Gasteiger partial charge in [-0.1, -0.05) is 19.8 Å². The Bertz CT molecular complexity index is 292. The van der Waals surface area contributed by atoms with Crippen molar-refractivity contribution in [3.63, 3.8) is 0 Å². The van der Waals surface area contributed by atoms with Crippen molar-refractivity contribution >= 4 is 5.97 Å². The first kappa shape index (κ1) is 14.8. The van der Waals surface area contributed by atoms with Crippen LogP contribution >= 0.6 is 0 Å². The highest BCUT2D eigenvalue weighted by atomic mass is 16.4. The van der Waals surface area contributed by atoms with Crippen molar-refractivity contribution in [1.29, 1.82) is 0 Å². The summed E-state index contributed by atoms with van der Waals surface area (Å²) in [4.78, 5) is 13.0. The van der Waals surface area contributed by atoms with Gasteiger partial charge in [0, 0.05) is 19.1 Å². The maximum absolute atomic E-state index is 10.9. The molecule has 0 bridgehead atoms. The van der Waals surface area contributed by atoms with Crippen LogP contribution in [-0.4, -0.2) is 48.2 Å². The van der Waals surface area contributed by atoms with E-state index in [1.54, 1.807) is 0 Å². The molecule has 4 nitrogen and oxygen atoms in total. The van der Waals surface area contributed by atoms with E-state index in [1.165, 1.54) is 38.5 Å². The molecule has 2 unspecified atom stereocenters. The van der Waals surface area contributed by atoms with Crippen LogP contribution in [0.5, 0.6) is 0 Å². The first-order valence-corrected chi connectivity index (χ1v) is 7.85. The van der Waals surface area contributed by atoms with E-state index >= 15 is 0 Å². The fourth-order valence-electron chi connectivity index (χ4n) is 3.42. The highest BCUT2D eigenvalue weighted by Crippen LogP contribution is 2.26. The summed E-state index contributed by atoms with van der Waals surface area (Å²) in [5.74, 6) is 0.839. The largest absolute Gasteiger partial charge is 0.480 e. The highest BCUT2D eigenvalue weighted by molar-refractivity contribution is 5.69. The zero-order chi connectivity index (χ0) is 13.7. The first-order valence-electron chi connectivity index (χ1n) is 7.85. The highest BCUT2D eigenvalue weighted by Gasteiger charge is 2.28. The van der Waals surface area contributed by atoms with Gasteiger partial charge in [-0.3, -0.25) is 9.69 Å². The van der Waals surface area contributed by atoms with Crippen LogP contribution in [0, 0.1) is 11.8 Å². The van der Waals surface area contributed by atoms with E-state index in [0.29, 0.717) is 12.0 Å². The van der Waals surface area contributed by atoms with Crippen LogP contribution in [0.1, 0.15) is 45.4 Å². The minimum absolute atomic E-state index is 0.196. The molecule has 2 aliphatic rings. The van der Waals surface area contributed by atoms with E-state index in [0.717, 1.165) is 25.6 Å². The van der Waals surface area contributed by atoms with Gasteiger partial charge in [0.15, 0.2) is 0 Å². The van der Waals surface area contributed by atoms with Crippen molar-refractivity contribution in [1.82, 2.24) is 10.2 Å².